The maximum atomic E-state index is 11.9. The van der Waals surface area contributed by atoms with E-state index in [1.54, 1.807) is 0 Å². The molecule has 1 aromatic heterocycles. The van der Waals surface area contributed by atoms with Crippen molar-refractivity contribution in [2.75, 3.05) is 18.4 Å². The zero-order valence-corrected chi connectivity index (χ0v) is 19.9. The summed E-state index contributed by atoms with van der Waals surface area (Å²) in [4.78, 5) is 26.5. The average Bonchev–Trinajstić information content (AvgIpc) is 2.60. The van der Waals surface area contributed by atoms with Gasteiger partial charge < -0.3 is 15.8 Å². The van der Waals surface area contributed by atoms with Crippen LogP contribution in [0.3, 0.4) is 0 Å². The fourth-order valence-corrected chi connectivity index (χ4v) is 3.43. The number of hydrogen-bond acceptors (Lipinski definition) is 4. The van der Waals surface area contributed by atoms with E-state index < -0.39 is 18.5 Å². The minimum atomic E-state index is -4.26. The number of alkyl halides is 3. The molecule has 2 amide bonds. The van der Waals surface area contributed by atoms with Crippen LogP contribution in [-0.4, -0.2) is 41.5 Å². The van der Waals surface area contributed by atoms with Crippen LogP contribution in [0.4, 0.5) is 18.9 Å². The van der Waals surface area contributed by atoms with Crippen LogP contribution in [0.15, 0.2) is 36.7 Å². The van der Waals surface area contributed by atoms with E-state index in [2.05, 4.69) is 47.2 Å². The predicted molar refractivity (Wildman–Crippen MR) is 108 cm³/mol. The number of carbonyl (C=O) groups excluding carboxylic acids is 2. The number of fused-ring (bicyclic) bond motifs is 1. The quantitative estimate of drug-likeness (QED) is 0.516. The second-order valence-electron chi connectivity index (χ2n) is 7.33. The van der Waals surface area contributed by atoms with Crippen LogP contribution in [0.5, 0.6) is 0 Å². The van der Waals surface area contributed by atoms with Gasteiger partial charge in [-0.1, -0.05) is 30.7 Å². The van der Waals surface area contributed by atoms with E-state index in [0.29, 0.717) is 12.3 Å². The van der Waals surface area contributed by atoms with Gasteiger partial charge >= 0.3 is 6.18 Å². The molecule has 1 aliphatic heterocycles. The molecular formula is C21H24F3N4O2Re-. The SMILES string of the molecule is Cc1ccc2c(c1)CN(CC([NH-])=O)C[C@@H]2C.O=CNc1cncc(CC(F)(F)F)c1.[Re]. The van der Waals surface area contributed by atoms with Crippen LogP contribution < -0.4 is 5.32 Å². The van der Waals surface area contributed by atoms with Gasteiger partial charge in [-0.05, 0) is 35.6 Å². The molecule has 1 aromatic carbocycles. The fourth-order valence-electron chi connectivity index (χ4n) is 3.43. The number of benzene rings is 1. The zero-order valence-electron chi connectivity index (χ0n) is 17.2. The molecule has 1 atom stereocenters. The normalized spacial score (nSPS) is 15.6. The van der Waals surface area contributed by atoms with Crippen molar-refractivity contribution < 1.29 is 43.2 Å². The van der Waals surface area contributed by atoms with Crippen molar-refractivity contribution in [1.29, 1.82) is 0 Å². The molecule has 0 saturated carbocycles. The Labute approximate surface area is 193 Å². The van der Waals surface area contributed by atoms with Crippen LogP contribution in [0.2, 0.25) is 0 Å². The molecule has 2 heterocycles. The summed E-state index contributed by atoms with van der Waals surface area (Å²) in [6.07, 6.45) is -2.54. The molecule has 6 nitrogen and oxygen atoms in total. The Morgan fingerprint density at radius 2 is 2.03 bits per heavy atom. The standard InChI is InChI=1S/C13H18N2O.C8H7F3N2O.Re/c1-9-3-4-12-10(2)6-15(8-13(14)16)7-11(12)5-9;9-8(10,11)2-6-1-7(13-5-14)4-12-3-6;/h3-5,10H,6-8H2,1-2H3,(H2,14,16);1,3-5H,2H2,(H,13,14);/p-1/t10-;;/m0../s1. The maximum absolute atomic E-state index is 11.9. The number of nitrogens with zero attached hydrogens (tertiary/aromatic N) is 2. The van der Waals surface area contributed by atoms with Crippen molar-refractivity contribution in [1.82, 2.24) is 9.88 Å². The molecule has 0 saturated heterocycles. The van der Waals surface area contributed by atoms with Gasteiger partial charge in [0, 0.05) is 46.3 Å². The Balaban J connectivity index is 0.000000303. The fraction of sp³-hybridized carbons (Fsp3) is 0.381. The summed E-state index contributed by atoms with van der Waals surface area (Å²) in [5.74, 6) is -0.0491. The first-order valence-electron chi connectivity index (χ1n) is 9.34. The number of aryl methyl sites for hydroxylation is 1. The second-order valence-corrected chi connectivity index (χ2v) is 7.33. The molecule has 1 aliphatic rings. The summed E-state index contributed by atoms with van der Waals surface area (Å²) >= 11 is 0. The van der Waals surface area contributed by atoms with Gasteiger partial charge in [0.15, 0.2) is 0 Å². The number of anilines is 1. The number of halogens is 3. The molecular weight excluding hydrogens is 583 g/mol. The van der Waals surface area contributed by atoms with Gasteiger partial charge in [0.2, 0.25) is 6.41 Å². The third-order valence-electron chi connectivity index (χ3n) is 4.55. The predicted octanol–water partition coefficient (Wildman–Crippen LogP) is 4.25. The molecule has 0 bridgehead atoms. The van der Waals surface area contributed by atoms with Gasteiger partial charge in [-0.25, -0.2) is 0 Å². The number of pyridine rings is 1. The minimum Gasteiger partial charge on any atom is -0.667 e. The molecule has 0 spiro atoms. The van der Waals surface area contributed by atoms with Crippen LogP contribution in [0.25, 0.3) is 5.73 Å². The number of hydrogen-bond donors (Lipinski definition) is 1. The van der Waals surface area contributed by atoms with Crippen LogP contribution >= 0.6 is 0 Å². The van der Waals surface area contributed by atoms with Gasteiger partial charge in [0.25, 0.3) is 0 Å². The third-order valence-corrected chi connectivity index (χ3v) is 4.55. The van der Waals surface area contributed by atoms with Crippen molar-refractivity contribution in [3.05, 3.63) is 64.6 Å². The molecule has 0 aliphatic carbocycles. The number of nitrogens with one attached hydrogen (secondary N) is 2. The van der Waals surface area contributed by atoms with E-state index >= 15 is 0 Å². The zero-order chi connectivity index (χ0) is 22.3. The maximum Gasteiger partial charge on any atom is 0.393 e. The molecule has 0 fully saturated rings. The molecule has 1 radical (unpaired) electrons. The molecule has 2 N–H and O–H groups in total. The van der Waals surface area contributed by atoms with E-state index in [1.165, 1.54) is 29.0 Å². The smallest absolute Gasteiger partial charge is 0.393 e. The van der Waals surface area contributed by atoms with Gasteiger partial charge in [-0.15, -0.1) is 0 Å². The van der Waals surface area contributed by atoms with Gasteiger partial charge in [-0.3, -0.25) is 14.7 Å². The summed E-state index contributed by atoms with van der Waals surface area (Å²) < 4.78 is 35.8. The Bertz CT molecular complexity index is 893. The van der Waals surface area contributed by atoms with Crippen LogP contribution in [0, 0.1) is 6.92 Å². The van der Waals surface area contributed by atoms with Gasteiger partial charge in [0.1, 0.15) is 0 Å². The van der Waals surface area contributed by atoms with Crippen molar-refractivity contribution in [2.45, 2.75) is 38.9 Å². The Hall–Kier alpha value is -2.28. The first-order valence-corrected chi connectivity index (χ1v) is 9.34. The Morgan fingerprint density at radius 3 is 2.65 bits per heavy atom. The van der Waals surface area contributed by atoms with Crippen molar-refractivity contribution in [2.24, 2.45) is 0 Å². The van der Waals surface area contributed by atoms with Gasteiger partial charge in [-0.2, -0.15) is 13.2 Å². The van der Waals surface area contributed by atoms with Crippen molar-refractivity contribution in [3.8, 4) is 0 Å². The number of carbonyl (C=O) groups is 2. The molecule has 31 heavy (non-hydrogen) atoms. The monoisotopic (exact) mass is 608 g/mol. The van der Waals surface area contributed by atoms with E-state index in [-0.39, 0.29) is 38.2 Å². The first-order chi connectivity index (χ1) is 14.1. The molecule has 3 rings (SSSR count). The number of rotatable bonds is 5. The molecule has 0 unspecified atom stereocenters. The van der Waals surface area contributed by atoms with Crippen molar-refractivity contribution in [3.63, 3.8) is 0 Å². The largest absolute Gasteiger partial charge is 0.667 e. The summed E-state index contributed by atoms with van der Waals surface area (Å²) in [6, 6.07) is 7.75. The minimum absolute atomic E-state index is 0. The third kappa shape index (κ3) is 9.17. The summed E-state index contributed by atoms with van der Waals surface area (Å²) in [5, 5.41) is 2.22. The summed E-state index contributed by atoms with van der Waals surface area (Å²) in [5.41, 5.74) is 11.2. The Morgan fingerprint density at radius 1 is 1.32 bits per heavy atom. The molecule has 169 valence electrons. The first kappa shape index (κ1) is 26.8. The van der Waals surface area contributed by atoms with E-state index in [1.807, 2.05) is 0 Å². The van der Waals surface area contributed by atoms with Gasteiger partial charge in [0.05, 0.1) is 24.2 Å². The summed E-state index contributed by atoms with van der Waals surface area (Å²) in [7, 11) is 0. The van der Waals surface area contributed by atoms with Crippen LogP contribution in [0.1, 0.15) is 35.1 Å². The Kier molecular flexibility index (Phi) is 10.3. The number of amides is 2. The topological polar surface area (TPSA) is 86.1 Å². The number of aromatic nitrogens is 1. The van der Waals surface area contributed by atoms with E-state index in [4.69, 9.17) is 5.73 Å². The molecule has 2 aromatic rings. The van der Waals surface area contributed by atoms with E-state index in [9.17, 15) is 22.8 Å². The average molecular weight is 608 g/mol. The van der Waals surface area contributed by atoms with Crippen LogP contribution in [-0.2, 0) is 43.0 Å². The summed E-state index contributed by atoms with van der Waals surface area (Å²) in [6.45, 7) is 6.18. The second kappa shape index (κ2) is 11.9. The van der Waals surface area contributed by atoms with E-state index in [0.717, 1.165) is 19.3 Å². The van der Waals surface area contributed by atoms with Crippen molar-refractivity contribution >= 4 is 18.0 Å². The molecule has 10 heteroatoms.